The molecule has 8 nitrogen and oxygen atoms in total. The number of rotatable bonds is 4. The zero-order chi connectivity index (χ0) is 13.9. The summed E-state index contributed by atoms with van der Waals surface area (Å²) in [6.45, 7) is 3.44. The molecule has 1 aliphatic heterocycles. The number of nitrogens with one attached hydrogen (secondary N) is 1. The van der Waals surface area contributed by atoms with Gasteiger partial charge in [0, 0.05) is 26.7 Å². The monoisotopic (exact) mass is 278 g/mol. The van der Waals surface area contributed by atoms with Gasteiger partial charge >= 0.3 is 0 Å². The van der Waals surface area contributed by atoms with Gasteiger partial charge in [-0.05, 0) is 0 Å². The van der Waals surface area contributed by atoms with Gasteiger partial charge in [0.05, 0.1) is 31.4 Å². The van der Waals surface area contributed by atoms with Gasteiger partial charge in [0.2, 0.25) is 5.95 Å². The zero-order valence-corrected chi connectivity index (χ0v) is 11.4. The maximum Gasteiger partial charge on any atom is 0.229 e. The summed E-state index contributed by atoms with van der Waals surface area (Å²) in [5.74, 6) is 1.38. The Balaban J connectivity index is 2.01. The van der Waals surface area contributed by atoms with Crippen LogP contribution in [0.15, 0.2) is 6.20 Å². The van der Waals surface area contributed by atoms with Gasteiger partial charge in [-0.15, -0.1) is 0 Å². The highest BCUT2D eigenvalue weighted by Crippen LogP contribution is 2.23. The molecule has 0 unspecified atom stereocenters. The number of nitrogens with zero attached hydrogens (tertiary/aromatic N) is 5. The van der Waals surface area contributed by atoms with Crippen LogP contribution in [0.25, 0.3) is 11.0 Å². The van der Waals surface area contributed by atoms with Crippen LogP contribution in [0.4, 0.5) is 11.8 Å². The molecule has 2 aromatic rings. The van der Waals surface area contributed by atoms with Gasteiger partial charge in [0.1, 0.15) is 5.82 Å². The minimum absolute atomic E-state index is 0.0542. The second-order valence-corrected chi connectivity index (χ2v) is 4.63. The summed E-state index contributed by atoms with van der Waals surface area (Å²) in [7, 11) is 1.86. The molecule has 3 rings (SSSR count). The molecule has 20 heavy (non-hydrogen) atoms. The topological polar surface area (TPSA) is 88.3 Å². The van der Waals surface area contributed by atoms with Gasteiger partial charge < -0.3 is 20.1 Å². The third-order valence-corrected chi connectivity index (χ3v) is 3.28. The van der Waals surface area contributed by atoms with E-state index >= 15 is 0 Å². The van der Waals surface area contributed by atoms with Crippen molar-refractivity contribution < 1.29 is 9.84 Å². The molecule has 0 amide bonds. The van der Waals surface area contributed by atoms with Crippen LogP contribution in [0.5, 0.6) is 0 Å². The third kappa shape index (κ3) is 2.39. The average molecular weight is 278 g/mol. The second-order valence-electron chi connectivity index (χ2n) is 4.63. The predicted molar refractivity (Wildman–Crippen MR) is 74.9 cm³/mol. The number of hydrogen-bond donors (Lipinski definition) is 2. The molecule has 1 aliphatic rings. The number of aryl methyl sites for hydroxylation is 1. The Morgan fingerprint density at radius 1 is 1.35 bits per heavy atom. The molecule has 0 bridgehead atoms. The van der Waals surface area contributed by atoms with E-state index in [2.05, 4.69) is 25.3 Å². The van der Waals surface area contributed by atoms with Crippen molar-refractivity contribution in [2.45, 2.75) is 0 Å². The number of anilines is 2. The summed E-state index contributed by atoms with van der Waals surface area (Å²) in [5.41, 5.74) is 0.780. The Morgan fingerprint density at radius 2 is 2.15 bits per heavy atom. The molecule has 2 aromatic heterocycles. The fourth-order valence-electron chi connectivity index (χ4n) is 2.22. The van der Waals surface area contributed by atoms with Gasteiger partial charge in [0.25, 0.3) is 0 Å². The molecule has 108 valence electrons. The van der Waals surface area contributed by atoms with E-state index < -0.39 is 0 Å². The molecule has 1 fully saturated rings. The molecule has 0 spiro atoms. The van der Waals surface area contributed by atoms with E-state index in [1.54, 1.807) is 10.9 Å². The van der Waals surface area contributed by atoms with E-state index in [1.165, 1.54) is 0 Å². The number of morpholine rings is 1. The highest BCUT2D eigenvalue weighted by atomic mass is 16.5. The Labute approximate surface area is 116 Å². The molecule has 1 saturated heterocycles. The van der Waals surface area contributed by atoms with E-state index in [4.69, 9.17) is 9.84 Å². The molecule has 8 heteroatoms. The lowest BCUT2D eigenvalue weighted by atomic mass is 10.3. The van der Waals surface area contributed by atoms with E-state index in [9.17, 15) is 0 Å². The minimum atomic E-state index is 0.0542. The van der Waals surface area contributed by atoms with Crippen molar-refractivity contribution in [1.29, 1.82) is 0 Å². The second kappa shape index (κ2) is 5.59. The number of aliphatic hydroxyl groups excluding tert-OH is 1. The molecule has 0 aromatic carbocycles. The first kappa shape index (κ1) is 13.1. The van der Waals surface area contributed by atoms with Crippen molar-refractivity contribution in [1.82, 2.24) is 19.7 Å². The van der Waals surface area contributed by atoms with Gasteiger partial charge in [-0.25, -0.2) is 0 Å². The highest BCUT2D eigenvalue weighted by Gasteiger charge is 2.18. The predicted octanol–water partition coefficient (Wildman–Crippen LogP) is -0.396. The van der Waals surface area contributed by atoms with Crippen molar-refractivity contribution in [3.63, 3.8) is 0 Å². The lowest BCUT2D eigenvalue weighted by molar-refractivity contribution is 0.122. The molecule has 0 atom stereocenters. The van der Waals surface area contributed by atoms with Crippen molar-refractivity contribution in [2.24, 2.45) is 7.05 Å². The average Bonchev–Trinajstić information content (AvgIpc) is 2.87. The fourth-order valence-corrected chi connectivity index (χ4v) is 2.22. The summed E-state index contributed by atoms with van der Waals surface area (Å²) < 4.78 is 7.08. The molecule has 3 heterocycles. The summed E-state index contributed by atoms with van der Waals surface area (Å²) in [5, 5.41) is 17.2. The van der Waals surface area contributed by atoms with Crippen molar-refractivity contribution in [3.05, 3.63) is 6.20 Å². The van der Waals surface area contributed by atoms with E-state index in [-0.39, 0.29) is 6.61 Å². The van der Waals surface area contributed by atoms with Crippen LogP contribution in [0.1, 0.15) is 0 Å². The largest absolute Gasteiger partial charge is 0.395 e. The maximum absolute atomic E-state index is 8.97. The van der Waals surface area contributed by atoms with Crippen LogP contribution < -0.4 is 10.2 Å². The Bertz CT molecular complexity index is 593. The number of hydrogen-bond acceptors (Lipinski definition) is 7. The van der Waals surface area contributed by atoms with Crippen LogP contribution in [-0.2, 0) is 11.8 Å². The third-order valence-electron chi connectivity index (χ3n) is 3.28. The minimum Gasteiger partial charge on any atom is -0.395 e. The number of fused-ring (bicyclic) bond motifs is 1. The summed E-state index contributed by atoms with van der Waals surface area (Å²) in [6, 6.07) is 0. The van der Waals surface area contributed by atoms with Gasteiger partial charge in [-0.2, -0.15) is 15.1 Å². The first-order valence-corrected chi connectivity index (χ1v) is 6.67. The first-order chi connectivity index (χ1) is 9.79. The van der Waals surface area contributed by atoms with E-state index in [0.29, 0.717) is 31.5 Å². The quantitative estimate of drug-likeness (QED) is 0.787. The smallest absolute Gasteiger partial charge is 0.229 e. The highest BCUT2D eigenvalue weighted by molar-refractivity contribution is 5.87. The molecular formula is C12H18N6O2. The van der Waals surface area contributed by atoms with E-state index in [1.807, 2.05) is 7.05 Å². The SMILES string of the molecule is Cn1ncc2c(NCCO)nc(N3CCOCC3)nc21. The summed E-state index contributed by atoms with van der Waals surface area (Å²) >= 11 is 0. The summed E-state index contributed by atoms with van der Waals surface area (Å²) in [6.07, 6.45) is 1.73. The normalized spacial score (nSPS) is 15.8. The van der Waals surface area contributed by atoms with Crippen LogP contribution >= 0.6 is 0 Å². The van der Waals surface area contributed by atoms with E-state index in [0.717, 1.165) is 24.1 Å². The Hall–Kier alpha value is -1.93. The first-order valence-electron chi connectivity index (χ1n) is 6.67. The zero-order valence-electron chi connectivity index (χ0n) is 11.4. The molecule has 0 radical (unpaired) electrons. The van der Waals surface area contributed by atoms with Crippen LogP contribution in [0.3, 0.4) is 0 Å². The standard InChI is InChI=1S/C12H18N6O2/c1-17-11-9(8-14-17)10(13-2-5-19)15-12(16-11)18-3-6-20-7-4-18/h8,19H,2-7H2,1H3,(H,13,15,16). The maximum atomic E-state index is 8.97. The molecular weight excluding hydrogens is 260 g/mol. The number of ether oxygens (including phenoxy) is 1. The van der Waals surface area contributed by atoms with Crippen molar-refractivity contribution >= 4 is 22.8 Å². The van der Waals surface area contributed by atoms with Crippen LogP contribution in [0, 0.1) is 0 Å². The van der Waals surface area contributed by atoms with Crippen molar-refractivity contribution in [2.75, 3.05) is 49.7 Å². The van der Waals surface area contributed by atoms with Crippen LogP contribution in [0.2, 0.25) is 0 Å². The Kier molecular flexibility index (Phi) is 3.66. The number of aromatic nitrogens is 4. The number of aliphatic hydroxyl groups is 1. The summed E-state index contributed by atoms with van der Waals surface area (Å²) in [4.78, 5) is 11.2. The molecule has 0 saturated carbocycles. The van der Waals surface area contributed by atoms with Crippen molar-refractivity contribution in [3.8, 4) is 0 Å². The molecule has 0 aliphatic carbocycles. The lowest BCUT2D eigenvalue weighted by Gasteiger charge is -2.27. The van der Waals surface area contributed by atoms with Crippen LogP contribution in [-0.4, -0.2) is 64.3 Å². The van der Waals surface area contributed by atoms with Gasteiger partial charge in [0.15, 0.2) is 5.65 Å². The Morgan fingerprint density at radius 3 is 2.90 bits per heavy atom. The molecule has 2 N–H and O–H groups in total. The van der Waals surface area contributed by atoms with Gasteiger partial charge in [-0.1, -0.05) is 0 Å². The lowest BCUT2D eigenvalue weighted by Crippen LogP contribution is -2.37. The fraction of sp³-hybridized carbons (Fsp3) is 0.583. The van der Waals surface area contributed by atoms with Gasteiger partial charge in [-0.3, -0.25) is 4.68 Å².